The molecule has 4 heteroatoms. The van der Waals surface area contributed by atoms with Gasteiger partial charge in [0.05, 0.1) is 0 Å². The Balaban J connectivity index is 1.57. The monoisotopic (exact) mass is 352 g/mol. The predicted octanol–water partition coefficient (Wildman–Crippen LogP) is 5.00. The summed E-state index contributed by atoms with van der Waals surface area (Å²) in [6.45, 7) is 9.63. The first-order valence-electron chi connectivity index (χ1n) is 9.30. The molecule has 1 aliphatic rings. The van der Waals surface area contributed by atoms with E-state index < -0.39 is 0 Å². The molecule has 4 nitrogen and oxygen atoms in total. The van der Waals surface area contributed by atoms with Crippen molar-refractivity contribution < 1.29 is 9.53 Å². The summed E-state index contributed by atoms with van der Waals surface area (Å²) in [6.07, 6.45) is 1.88. The lowest BCUT2D eigenvalue weighted by atomic mass is 10.1. The number of likely N-dealkylation sites (tertiary alicyclic amines) is 1. The van der Waals surface area contributed by atoms with Crippen molar-refractivity contribution in [2.24, 2.45) is 0 Å². The van der Waals surface area contributed by atoms with Crippen LogP contribution in [0.4, 0.5) is 10.5 Å². The summed E-state index contributed by atoms with van der Waals surface area (Å²) in [5.41, 5.74) is 5.44. The van der Waals surface area contributed by atoms with Crippen LogP contribution >= 0.6 is 0 Å². The number of carbonyl (C=O) groups is 1. The SMILES string of the molecule is Cc1cccc(C)c1NC(=O)N1CCC(Oc2c(C)cccc2C)CC1. The molecule has 1 fully saturated rings. The van der Waals surface area contributed by atoms with E-state index in [9.17, 15) is 4.79 Å². The summed E-state index contributed by atoms with van der Waals surface area (Å²) in [5, 5.41) is 3.08. The number of hydrogen-bond acceptors (Lipinski definition) is 2. The Morgan fingerprint density at radius 3 is 1.96 bits per heavy atom. The van der Waals surface area contributed by atoms with Gasteiger partial charge in [-0.1, -0.05) is 36.4 Å². The number of piperidine rings is 1. The Labute approximate surface area is 156 Å². The van der Waals surface area contributed by atoms with Crippen molar-refractivity contribution in [2.75, 3.05) is 18.4 Å². The van der Waals surface area contributed by atoms with Crippen LogP contribution in [0.1, 0.15) is 35.1 Å². The number of ether oxygens (including phenoxy) is 1. The van der Waals surface area contributed by atoms with Crippen LogP contribution in [0.5, 0.6) is 5.75 Å². The molecule has 0 aliphatic carbocycles. The summed E-state index contributed by atoms with van der Waals surface area (Å²) in [7, 11) is 0. The van der Waals surface area contributed by atoms with Gasteiger partial charge in [0, 0.05) is 31.6 Å². The highest BCUT2D eigenvalue weighted by Gasteiger charge is 2.25. The fourth-order valence-electron chi connectivity index (χ4n) is 3.53. The lowest BCUT2D eigenvalue weighted by molar-refractivity contribution is 0.114. The van der Waals surface area contributed by atoms with Gasteiger partial charge in [0.1, 0.15) is 11.9 Å². The number of rotatable bonds is 3. The van der Waals surface area contributed by atoms with Crippen molar-refractivity contribution in [2.45, 2.75) is 46.6 Å². The molecule has 2 aromatic carbocycles. The van der Waals surface area contributed by atoms with Gasteiger partial charge in [0.15, 0.2) is 0 Å². The van der Waals surface area contributed by atoms with E-state index in [0.29, 0.717) is 13.1 Å². The highest BCUT2D eigenvalue weighted by Crippen LogP contribution is 2.27. The molecule has 0 radical (unpaired) electrons. The van der Waals surface area contributed by atoms with Crippen LogP contribution in [0.25, 0.3) is 0 Å². The molecule has 0 saturated carbocycles. The van der Waals surface area contributed by atoms with E-state index in [1.807, 2.05) is 36.9 Å². The van der Waals surface area contributed by atoms with E-state index in [1.54, 1.807) is 0 Å². The van der Waals surface area contributed by atoms with E-state index in [4.69, 9.17) is 4.74 Å². The van der Waals surface area contributed by atoms with Crippen LogP contribution in [-0.2, 0) is 0 Å². The molecule has 138 valence electrons. The Bertz CT molecular complexity index is 752. The normalized spacial score (nSPS) is 15.0. The summed E-state index contributed by atoms with van der Waals surface area (Å²) in [4.78, 5) is 14.5. The largest absolute Gasteiger partial charge is 0.490 e. The third-order valence-electron chi connectivity index (χ3n) is 5.14. The third kappa shape index (κ3) is 4.01. The highest BCUT2D eigenvalue weighted by molar-refractivity contribution is 5.91. The van der Waals surface area contributed by atoms with E-state index in [0.717, 1.165) is 35.4 Å². The maximum Gasteiger partial charge on any atom is 0.321 e. The molecule has 0 aromatic heterocycles. The summed E-state index contributed by atoms with van der Waals surface area (Å²) in [5.74, 6) is 0.992. The fourth-order valence-corrected chi connectivity index (χ4v) is 3.53. The topological polar surface area (TPSA) is 41.6 Å². The summed E-state index contributed by atoms with van der Waals surface area (Å²) >= 11 is 0. The summed E-state index contributed by atoms with van der Waals surface area (Å²) in [6, 6.07) is 12.2. The Morgan fingerprint density at radius 1 is 0.923 bits per heavy atom. The van der Waals surface area contributed by atoms with Gasteiger partial charge in [-0.15, -0.1) is 0 Å². The van der Waals surface area contributed by atoms with Gasteiger partial charge in [-0.05, 0) is 49.9 Å². The second-order valence-electron chi connectivity index (χ2n) is 7.22. The Kier molecular flexibility index (Phi) is 5.50. The maximum absolute atomic E-state index is 12.6. The zero-order valence-corrected chi connectivity index (χ0v) is 16.1. The number of nitrogens with zero attached hydrogens (tertiary/aromatic N) is 1. The Hall–Kier alpha value is -2.49. The molecular weight excluding hydrogens is 324 g/mol. The van der Waals surface area contributed by atoms with Gasteiger partial charge in [0.2, 0.25) is 0 Å². The molecule has 1 heterocycles. The van der Waals surface area contributed by atoms with Crippen molar-refractivity contribution >= 4 is 11.7 Å². The van der Waals surface area contributed by atoms with E-state index in [-0.39, 0.29) is 12.1 Å². The average Bonchev–Trinajstić information content (AvgIpc) is 2.62. The van der Waals surface area contributed by atoms with Crippen molar-refractivity contribution in [1.82, 2.24) is 4.90 Å². The average molecular weight is 352 g/mol. The second kappa shape index (κ2) is 7.81. The lowest BCUT2D eigenvalue weighted by Gasteiger charge is -2.33. The van der Waals surface area contributed by atoms with Crippen molar-refractivity contribution in [3.63, 3.8) is 0 Å². The lowest BCUT2D eigenvalue weighted by Crippen LogP contribution is -2.44. The molecular formula is C22H28N2O2. The zero-order valence-electron chi connectivity index (χ0n) is 16.1. The van der Waals surface area contributed by atoms with Gasteiger partial charge in [-0.3, -0.25) is 0 Å². The van der Waals surface area contributed by atoms with Crippen LogP contribution in [0.15, 0.2) is 36.4 Å². The minimum Gasteiger partial charge on any atom is -0.490 e. The van der Waals surface area contributed by atoms with Crippen LogP contribution < -0.4 is 10.1 Å². The minimum absolute atomic E-state index is 0.0204. The second-order valence-corrected chi connectivity index (χ2v) is 7.22. The number of aryl methyl sites for hydroxylation is 4. The number of anilines is 1. The zero-order chi connectivity index (χ0) is 18.7. The predicted molar refractivity (Wildman–Crippen MR) is 106 cm³/mol. The number of carbonyl (C=O) groups excluding carboxylic acids is 1. The number of benzene rings is 2. The van der Waals surface area contributed by atoms with E-state index >= 15 is 0 Å². The van der Waals surface area contributed by atoms with Crippen molar-refractivity contribution in [1.29, 1.82) is 0 Å². The maximum atomic E-state index is 12.6. The molecule has 0 spiro atoms. The van der Waals surface area contributed by atoms with Gasteiger partial charge in [-0.2, -0.15) is 0 Å². The number of urea groups is 1. The van der Waals surface area contributed by atoms with E-state index in [1.165, 1.54) is 11.1 Å². The van der Waals surface area contributed by atoms with Gasteiger partial charge >= 0.3 is 6.03 Å². The molecule has 2 aromatic rings. The van der Waals surface area contributed by atoms with Gasteiger partial charge in [0.25, 0.3) is 0 Å². The fraction of sp³-hybridized carbons (Fsp3) is 0.409. The first-order valence-corrected chi connectivity index (χ1v) is 9.30. The molecule has 1 N–H and O–H groups in total. The smallest absolute Gasteiger partial charge is 0.321 e. The third-order valence-corrected chi connectivity index (χ3v) is 5.14. The van der Waals surface area contributed by atoms with Crippen molar-refractivity contribution in [3.8, 4) is 5.75 Å². The standard InChI is InChI=1S/C22H28N2O2/c1-15-7-5-8-16(2)20(15)23-22(25)24-13-11-19(12-14-24)26-21-17(3)9-6-10-18(21)4/h5-10,19H,11-14H2,1-4H3,(H,23,25). The first kappa shape index (κ1) is 18.3. The molecule has 1 saturated heterocycles. The number of amides is 2. The van der Waals surface area contributed by atoms with Gasteiger partial charge < -0.3 is 15.0 Å². The van der Waals surface area contributed by atoms with Crippen LogP contribution in [-0.4, -0.2) is 30.1 Å². The van der Waals surface area contributed by atoms with Crippen LogP contribution in [0, 0.1) is 27.7 Å². The summed E-state index contributed by atoms with van der Waals surface area (Å²) < 4.78 is 6.24. The molecule has 1 aliphatic heterocycles. The highest BCUT2D eigenvalue weighted by atomic mass is 16.5. The Morgan fingerprint density at radius 2 is 1.42 bits per heavy atom. The molecule has 26 heavy (non-hydrogen) atoms. The van der Waals surface area contributed by atoms with Gasteiger partial charge in [-0.25, -0.2) is 4.79 Å². The van der Waals surface area contributed by atoms with Crippen LogP contribution in [0.2, 0.25) is 0 Å². The molecule has 3 rings (SSSR count). The van der Waals surface area contributed by atoms with Crippen LogP contribution in [0.3, 0.4) is 0 Å². The molecule has 0 bridgehead atoms. The number of para-hydroxylation sites is 2. The quantitative estimate of drug-likeness (QED) is 0.845. The minimum atomic E-state index is -0.0204. The number of nitrogens with one attached hydrogen (secondary N) is 1. The van der Waals surface area contributed by atoms with Crippen molar-refractivity contribution in [3.05, 3.63) is 58.7 Å². The van der Waals surface area contributed by atoms with E-state index in [2.05, 4.69) is 37.4 Å². The number of hydrogen-bond donors (Lipinski definition) is 1. The molecule has 0 unspecified atom stereocenters. The first-order chi connectivity index (χ1) is 12.5. The molecule has 2 amide bonds. The molecule has 0 atom stereocenters.